The molecule has 0 saturated heterocycles. The molecule has 0 fully saturated rings. The zero-order chi connectivity index (χ0) is 27.4. The van der Waals surface area contributed by atoms with Gasteiger partial charge >= 0.3 is 5.00 Å². The minimum atomic E-state index is -0.579. The normalized spacial score (nSPS) is 11.0. The molecule has 1 amide bonds. The van der Waals surface area contributed by atoms with Crippen LogP contribution in [0.3, 0.4) is 0 Å². The van der Waals surface area contributed by atoms with Crippen molar-refractivity contribution in [2.24, 2.45) is 0 Å². The van der Waals surface area contributed by atoms with Gasteiger partial charge in [0.2, 0.25) is 5.88 Å². The number of ether oxygens (including phenoxy) is 2. The number of fused-ring (bicyclic) bond motifs is 1. The van der Waals surface area contributed by atoms with Crippen LogP contribution in [-0.2, 0) is 4.74 Å². The monoisotopic (exact) mass is 549 g/mol. The summed E-state index contributed by atoms with van der Waals surface area (Å²) in [5.41, 5.74) is 1.41. The summed E-state index contributed by atoms with van der Waals surface area (Å²) < 4.78 is 25.8. The molecule has 14 heteroatoms. The van der Waals surface area contributed by atoms with Crippen molar-refractivity contribution < 1.29 is 23.6 Å². The van der Waals surface area contributed by atoms with Crippen LogP contribution in [0, 0.1) is 15.9 Å². The van der Waals surface area contributed by atoms with Gasteiger partial charge in [0, 0.05) is 30.5 Å². The van der Waals surface area contributed by atoms with Crippen LogP contribution in [0.4, 0.5) is 15.2 Å². The van der Waals surface area contributed by atoms with Gasteiger partial charge in [-0.2, -0.15) is 5.10 Å². The van der Waals surface area contributed by atoms with Gasteiger partial charge < -0.3 is 14.8 Å². The van der Waals surface area contributed by atoms with Crippen molar-refractivity contribution in [1.29, 1.82) is 0 Å². The molecule has 0 aliphatic carbocycles. The number of carbonyl (C=O) groups is 1. The number of nitrogens with zero attached hydrogens (tertiary/aromatic N) is 6. The topological polar surface area (TPSA) is 147 Å². The molecule has 4 heterocycles. The van der Waals surface area contributed by atoms with E-state index in [4.69, 9.17) is 9.47 Å². The highest BCUT2D eigenvalue weighted by Gasteiger charge is 2.20. The third-order valence-corrected chi connectivity index (χ3v) is 6.44. The fourth-order valence-electron chi connectivity index (χ4n) is 3.57. The Morgan fingerprint density at radius 2 is 1.92 bits per heavy atom. The van der Waals surface area contributed by atoms with Crippen LogP contribution in [0.1, 0.15) is 16.6 Å². The molecular formula is C25H20FN7O5S. The first kappa shape index (κ1) is 25.8. The van der Waals surface area contributed by atoms with Crippen LogP contribution in [-0.4, -0.2) is 55.4 Å². The summed E-state index contributed by atoms with van der Waals surface area (Å²) in [4.78, 5) is 37.0. The molecule has 198 valence electrons. The highest BCUT2D eigenvalue weighted by Crippen LogP contribution is 2.29. The zero-order valence-corrected chi connectivity index (χ0v) is 21.2. The number of hydrogen-bond donors (Lipinski definition) is 1. The van der Waals surface area contributed by atoms with E-state index in [9.17, 15) is 19.3 Å². The summed E-state index contributed by atoms with van der Waals surface area (Å²) >= 11 is 0.745. The summed E-state index contributed by atoms with van der Waals surface area (Å²) in [6, 6.07) is 11.7. The van der Waals surface area contributed by atoms with Crippen LogP contribution >= 0.6 is 11.3 Å². The fourth-order valence-corrected chi connectivity index (χ4v) is 4.28. The molecular weight excluding hydrogens is 529 g/mol. The number of pyridine rings is 1. The Hall–Kier alpha value is -4.82. The molecule has 4 aromatic heterocycles. The lowest BCUT2D eigenvalue weighted by Crippen LogP contribution is -2.13. The predicted octanol–water partition coefficient (Wildman–Crippen LogP) is 4.65. The SMILES string of the molecule is CCOCCOc1ccc(-c2nc(NC(=O)c3ccc([N+](=O)[O-])s3)c3cnn(-c4ccc(F)cc4)c3n2)cn1. The predicted molar refractivity (Wildman–Crippen MR) is 141 cm³/mol. The maximum absolute atomic E-state index is 13.5. The van der Waals surface area contributed by atoms with Crippen LogP contribution in [0.25, 0.3) is 28.1 Å². The Kier molecular flexibility index (Phi) is 7.47. The summed E-state index contributed by atoms with van der Waals surface area (Å²) in [5.74, 6) is -0.222. The number of amides is 1. The third kappa shape index (κ3) is 5.71. The molecule has 5 aromatic rings. The van der Waals surface area contributed by atoms with E-state index in [1.807, 2.05) is 6.92 Å². The van der Waals surface area contributed by atoms with E-state index in [2.05, 4.69) is 25.4 Å². The average Bonchev–Trinajstić information content (AvgIpc) is 3.60. The molecule has 5 rings (SSSR count). The molecule has 0 aliphatic heterocycles. The summed E-state index contributed by atoms with van der Waals surface area (Å²) in [6.45, 7) is 3.26. The molecule has 1 aromatic carbocycles. The molecule has 39 heavy (non-hydrogen) atoms. The van der Waals surface area contributed by atoms with E-state index in [1.165, 1.54) is 41.3 Å². The fraction of sp³-hybridized carbons (Fsp3) is 0.160. The second kappa shape index (κ2) is 11.3. The van der Waals surface area contributed by atoms with E-state index in [0.29, 0.717) is 48.0 Å². The molecule has 0 radical (unpaired) electrons. The van der Waals surface area contributed by atoms with Crippen LogP contribution in [0.5, 0.6) is 5.88 Å². The lowest BCUT2D eigenvalue weighted by Gasteiger charge is -2.10. The third-order valence-electron chi connectivity index (χ3n) is 5.40. The largest absolute Gasteiger partial charge is 0.475 e. The number of anilines is 1. The van der Waals surface area contributed by atoms with Crippen molar-refractivity contribution in [3.8, 4) is 23.0 Å². The van der Waals surface area contributed by atoms with Crippen LogP contribution < -0.4 is 10.1 Å². The number of rotatable bonds is 10. The van der Waals surface area contributed by atoms with Gasteiger partial charge in [-0.1, -0.05) is 11.3 Å². The van der Waals surface area contributed by atoms with Gasteiger partial charge in [0.25, 0.3) is 5.91 Å². The van der Waals surface area contributed by atoms with E-state index in [-0.39, 0.29) is 21.5 Å². The average molecular weight is 550 g/mol. The Balaban J connectivity index is 1.52. The van der Waals surface area contributed by atoms with Gasteiger partial charge in [0.05, 0.1) is 33.7 Å². The summed E-state index contributed by atoms with van der Waals surface area (Å²) in [5, 5.41) is 18.4. The number of thiophene rings is 1. The Morgan fingerprint density at radius 1 is 1.10 bits per heavy atom. The maximum atomic E-state index is 13.5. The summed E-state index contributed by atoms with van der Waals surface area (Å²) in [7, 11) is 0. The van der Waals surface area contributed by atoms with Gasteiger partial charge in [-0.05, 0) is 43.3 Å². The Morgan fingerprint density at radius 3 is 2.62 bits per heavy atom. The lowest BCUT2D eigenvalue weighted by molar-refractivity contribution is -0.380. The molecule has 0 aliphatic rings. The van der Waals surface area contributed by atoms with E-state index >= 15 is 0 Å². The second-order valence-corrected chi connectivity index (χ2v) is 9.01. The van der Waals surface area contributed by atoms with Crippen LogP contribution in [0.2, 0.25) is 0 Å². The smallest absolute Gasteiger partial charge is 0.324 e. The molecule has 1 N–H and O–H groups in total. The maximum Gasteiger partial charge on any atom is 0.324 e. The highest BCUT2D eigenvalue weighted by atomic mass is 32.1. The van der Waals surface area contributed by atoms with E-state index in [1.54, 1.807) is 24.3 Å². The standard InChI is InChI=1S/C25H20FN7O5S/c1-2-37-11-12-38-20-9-3-15(13-27-20)22-29-23(31-25(34)19-8-10-21(39-19)33(35)36)18-14-28-32(24(18)30-22)17-6-4-16(26)5-7-17/h3-10,13-14H,2,11-12H2,1H3,(H,29,30,31,34). The van der Waals surface area contributed by atoms with Crippen LogP contribution in [0.15, 0.2) is 60.9 Å². The Labute approximate surface area is 224 Å². The zero-order valence-electron chi connectivity index (χ0n) is 20.4. The van der Waals surface area contributed by atoms with Crippen molar-refractivity contribution in [3.05, 3.63) is 81.7 Å². The van der Waals surface area contributed by atoms with E-state index < -0.39 is 16.6 Å². The molecule has 12 nitrogen and oxygen atoms in total. The minimum absolute atomic E-state index is 0.135. The number of carbonyl (C=O) groups excluding carboxylic acids is 1. The molecule has 0 spiro atoms. The number of aromatic nitrogens is 5. The number of nitro groups is 1. The number of nitrogens with one attached hydrogen (secondary N) is 1. The van der Waals surface area contributed by atoms with Crippen molar-refractivity contribution in [2.45, 2.75) is 6.92 Å². The van der Waals surface area contributed by atoms with Crippen molar-refractivity contribution in [3.63, 3.8) is 0 Å². The number of benzene rings is 1. The second-order valence-electron chi connectivity index (χ2n) is 7.95. The van der Waals surface area contributed by atoms with Gasteiger partial charge in [-0.3, -0.25) is 14.9 Å². The summed E-state index contributed by atoms with van der Waals surface area (Å²) in [6.07, 6.45) is 3.01. The first-order valence-corrected chi connectivity index (χ1v) is 12.5. The molecule has 0 unspecified atom stereocenters. The van der Waals surface area contributed by atoms with Gasteiger partial charge in [-0.15, -0.1) is 0 Å². The van der Waals surface area contributed by atoms with Gasteiger partial charge in [0.15, 0.2) is 11.5 Å². The number of hydrogen-bond acceptors (Lipinski definition) is 10. The minimum Gasteiger partial charge on any atom is -0.475 e. The highest BCUT2D eigenvalue weighted by molar-refractivity contribution is 7.17. The first-order chi connectivity index (χ1) is 18.9. The number of halogens is 1. The lowest BCUT2D eigenvalue weighted by atomic mass is 10.2. The Bertz CT molecular complexity index is 1640. The molecule has 0 atom stereocenters. The van der Waals surface area contributed by atoms with Crippen molar-refractivity contribution in [2.75, 3.05) is 25.1 Å². The molecule has 0 bridgehead atoms. The first-order valence-electron chi connectivity index (χ1n) is 11.7. The van der Waals surface area contributed by atoms with Crippen molar-refractivity contribution >= 4 is 39.1 Å². The van der Waals surface area contributed by atoms with Crippen molar-refractivity contribution in [1.82, 2.24) is 24.7 Å². The quantitative estimate of drug-likeness (QED) is 0.149. The molecule has 0 saturated carbocycles. The van der Waals surface area contributed by atoms with E-state index in [0.717, 1.165) is 11.3 Å². The van der Waals surface area contributed by atoms with Gasteiger partial charge in [0.1, 0.15) is 18.2 Å². The van der Waals surface area contributed by atoms with Gasteiger partial charge in [-0.25, -0.2) is 24.0 Å².